The standard InChI is InChI=1S/C18H14F2N2O4/c1-10-7-17(24)26-15-6-5-11(8-12(10)15)25-9-16(23)21-22-18-13(19)3-2-4-14(18)20/h2-8,22H,9H2,1H3,(H,21,23). The molecule has 8 heteroatoms. The molecule has 0 fully saturated rings. The van der Waals surface area contributed by atoms with Gasteiger partial charge in [-0.1, -0.05) is 6.07 Å². The molecule has 134 valence electrons. The summed E-state index contributed by atoms with van der Waals surface area (Å²) in [7, 11) is 0. The Kier molecular flexibility index (Phi) is 4.83. The smallest absolute Gasteiger partial charge is 0.336 e. The summed E-state index contributed by atoms with van der Waals surface area (Å²) < 4.78 is 37.3. The number of halogens is 2. The van der Waals surface area contributed by atoms with Crippen molar-refractivity contribution in [3.05, 3.63) is 70.1 Å². The number of ether oxygens (including phenoxy) is 1. The van der Waals surface area contributed by atoms with E-state index in [9.17, 15) is 18.4 Å². The van der Waals surface area contributed by atoms with Crippen LogP contribution in [0.2, 0.25) is 0 Å². The number of carbonyl (C=O) groups is 1. The summed E-state index contributed by atoms with van der Waals surface area (Å²) in [5.74, 6) is -1.93. The van der Waals surface area contributed by atoms with Crippen molar-refractivity contribution >= 4 is 22.6 Å². The van der Waals surface area contributed by atoms with Gasteiger partial charge in [-0.2, -0.15) is 0 Å². The molecule has 0 atom stereocenters. The molecule has 2 N–H and O–H groups in total. The Morgan fingerprint density at radius 1 is 1.15 bits per heavy atom. The Balaban J connectivity index is 1.63. The minimum Gasteiger partial charge on any atom is -0.484 e. The number of aryl methyl sites for hydroxylation is 1. The predicted molar refractivity (Wildman–Crippen MR) is 90.8 cm³/mol. The van der Waals surface area contributed by atoms with E-state index in [0.29, 0.717) is 22.3 Å². The second-order valence-electron chi connectivity index (χ2n) is 5.46. The predicted octanol–water partition coefficient (Wildman–Crippen LogP) is 2.90. The van der Waals surface area contributed by atoms with Crippen LogP contribution in [0.1, 0.15) is 5.56 Å². The van der Waals surface area contributed by atoms with Gasteiger partial charge in [0, 0.05) is 11.5 Å². The van der Waals surface area contributed by atoms with E-state index < -0.39 is 28.9 Å². The lowest BCUT2D eigenvalue weighted by Gasteiger charge is -2.11. The summed E-state index contributed by atoms with van der Waals surface area (Å²) in [5.41, 5.74) is 4.54. The van der Waals surface area contributed by atoms with Gasteiger partial charge in [0.05, 0.1) is 0 Å². The van der Waals surface area contributed by atoms with Crippen LogP contribution in [0.4, 0.5) is 14.5 Å². The van der Waals surface area contributed by atoms with Crippen molar-refractivity contribution in [1.29, 1.82) is 0 Å². The van der Waals surface area contributed by atoms with Crippen LogP contribution in [-0.4, -0.2) is 12.5 Å². The topological polar surface area (TPSA) is 80.6 Å². The number of hydrazine groups is 1. The zero-order valence-electron chi connectivity index (χ0n) is 13.6. The molecule has 2 aromatic carbocycles. The maximum absolute atomic E-state index is 13.5. The summed E-state index contributed by atoms with van der Waals surface area (Å²) >= 11 is 0. The molecule has 3 rings (SSSR count). The van der Waals surface area contributed by atoms with Crippen molar-refractivity contribution in [3.8, 4) is 5.75 Å². The van der Waals surface area contributed by atoms with Crippen LogP contribution in [0.3, 0.4) is 0 Å². The van der Waals surface area contributed by atoms with Crippen molar-refractivity contribution in [2.75, 3.05) is 12.0 Å². The fourth-order valence-corrected chi connectivity index (χ4v) is 2.32. The quantitative estimate of drug-likeness (QED) is 0.540. The zero-order chi connectivity index (χ0) is 18.7. The molecule has 0 unspecified atom stereocenters. The number of para-hydroxylation sites is 1. The first-order valence-electron chi connectivity index (χ1n) is 7.60. The van der Waals surface area contributed by atoms with Crippen LogP contribution in [0.5, 0.6) is 5.75 Å². The van der Waals surface area contributed by atoms with Crippen molar-refractivity contribution < 1.29 is 22.7 Å². The SMILES string of the molecule is Cc1cc(=O)oc2ccc(OCC(=O)NNc3c(F)cccc3F)cc12. The van der Waals surface area contributed by atoms with Crippen LogP contribution in [0.25, 0.3) is 11.0 Å². The Morgan fingerprint density at radius 2 is 1.88 bits per heavy atom. The molecule has 1 amide bonds. The van der Waals surface area contributed by atoms with Crippen LogP contribution >= 0.6 is 0 Å². The number of rotatable bonds is 5. The minimum absolute atomic E-state index is 0.377. The Hall–Kier alpha value is -3.42. The van der Waals surface area contributed by atoms with Gasteiger partial charge in [-0.15, -0.1) is 0 Å². The second kappa shape index (κ2) is 7.22. The fourth-order valence-electron chi connectivity index (χ4n) is 2.32. The minimum atomic E-state index is -0.835. The number of nitrogens with one attached hydrogen (secondary N) is 2. The third kappa shape index (κ3) is 3.80. The Labute approximate surface area is 146 Å². The maximum atomic E-state index is 13.5. The average Bonchev–Trinajstić information content (AvgIpc) is 2.59. The van der Waals surface area contributed by atoms with E-state index in [1.165, 1.54) is 12.1 Å². The van der Waals surface area contributed by atoms with E-state index in [-0.39, 0.29) is 6.61 Å². The number of amides is 1. The molecule has 0 saturated heterocycles. The first-order chi connectivity index (χ1) is 12.4. The van der Waals surface area contributed by atoms with Gasteiger partial charge in [0.2, 0.25) is 0 Å². The second-order valence-corrected chi connectivity index (χ2v) is 5.46. The number of fused-ring (bicyclic) bond motifs is 1. The van der Waals surface area contributed by atoms with E-state index in [1.807, 2.05) is 0 Å². The highest BCUT2D eigenvalue weighted by molar-refractivity contribution is 5.82. The highest BCUT2D eigenvalue weighted by Gasteiger charge is 2.10. The van der Waals surface area contributed by atoms with Gasteiger partial charge < -0.3 is 9.15 Å². The molecule has 26 heavy (non-hydrogen) atoms. The number of anilines is 1. The van der Waals surface area contributed by atoms with E-state index in [0.717, 1.165) is 12.1 Å². The van der Waals surface area contributed by atoms with Crippen molar-refractivity contribution in [3.63, 3.8) is 0 Å². The number of hydrogen-bond acceptors (Lipinski definition) is 5. The van der Waals surface area contributed by atoms with E-state index in [2.05, 4.69) is 10.9 Å². The Bertz CT molecular complexity index is 1010. The number of hydrogen-bond donors (Lipinski definition) is 2. The number of carbonyl (C=O) groups excluding carboxylic acids is 1. The maximum Gasteiger partial charge on any atom is 0.336 e. The molecular formula is C18H14F2N2O4. The molecule has 3 aromatic rings. The molecular weight excluding hydrogens is 346 g/mol. The lowest BCUT2D eigenvalue weighted by Crippen LogP contribution is -2.34. The number of benzene rings is 2. The monoisotopic (exact) mass is 360 g/mol. The molecule has 0 saturated carbocycles. The van der Waals surface area contributed by atoms with E-state index >= 15 is 0 Å². The van der Waals surface area contributed by atoms with Gasteiger partial charge in [0.15, 0.2) is 18.2 Å². The molecule has 0 spiro atoms. The zero-order valence-corrected chi connectivity index (χ0v) is 13.6. The Morgan fingerprint density at radius 3 is 2.62 bits per heavy atom. The highest BCUT2D eigenvalue weighted by Crippen LogP contribution is 2.22. The lowest BCUT2D eigenvalue weighted by molar-refractivity contribution is -0.122. The summed E-state index contributed by atoms with van der Waals surface area (Å²) in [6.07, 6.45) is 0. The first kappa shape index (κ1) is 17.4. The molecule has 0 aliphatic heterocycles. The van der Waals surface area contributed by atoms with Gasteiger partial charge in [-0.05, 0) is 42.8 Å². The van der Waals surface area contributed by atoms with Gasteiger partial charge in [-0.3, -0.25) is 15.6 Å². The summed E-state index contributed by atoms with van der Waals surface area (Å²) in [4.78, 5) is 23.1. The van der Waals surface area contributed by atoms with E-state index in [4.69, 9.17) is 9.15 Å². The molecule has 0 radical (unpaired) electrons. The van der Waals surface area contributed by atoms with Crippen molar-refractivity contribution in [2.45, 2.75) is 6.92 Å². The first-order valence-corrected chi connectivity index (χ1v) is 7.60. The summed E-state index contributed by atoms with van der Waals surface area (Å²) in [6, 6.07) is 9.42. The molecule has 1 aromatic heterocycles. The van der Waals surface area contributed by atoms with Gasteiger partial charge in [0.1, 0.15) is 17.0 Å². The van der Waals surface area contributed by atoms with Crippen molar-refractivity contribution in [1.82, 2.24) is 5.43 Å². The van der Waals surface area contributed by atoms with Gasteiger partial charge in [-0.25, -0.2) is 13.6 Å². The lowest BCUT2D eigenvalue weighted by atomic mass is 10.1. The van der Waals surface area contributed by atoms with E-state index in [1.54, 1.807) is 25.1 Å². The van der Waals surface area contributed by atoms with Crippen molar-refractivity contribution in [2.24, 2.45) is 0 Å². The summed E-state index contributed by atoms with van der Waals surface area (Å²) in [6.45, 7) is 1.37. The molecule has 0 aliphatic rings. The summed E-state index contributed by atoms with van der Waals surface area (Å²) in [5, 5.41) is 0.675. The van der Waals surface area contributed by atoms with Crippen LogP contribution < -0.4 is 21.2 Å². The molecule has 0 bridgehead atoms. The molecule has 1 heterocycles. The van der Waals surface area contributed by atoms with Crippen LogP contribution in [0.15, 0.2) is 51.7 Å². The largest absolute Gasteiger partial charge is 0.484 e. The highest BCUT2D eigenvalue weighted by atomic mass is 19.1. The third-order valence-corrected chi connectivity index (χ3v) is 3.58. The van der Waals surface area contributed by atoms with Gasteiger partial charge in [0.25, 0.3) is 5.91 Å². The molecule has 6 nitrogen and oxygen atoms in total. The fraction of sp³-hybridized carbons (Fsp3) is 0.111. The van der Waals surface area contributed by atoms with Crippen LogP contribution in [-0.2, 0) is 4.79 Å². The van der Waals surface area contributed by atoms with Crippen LogP contribution in [0, 0.1) is 18.6 Å². The third-order valence-electron chi connectivity index (χ3n) is 3.58. The normalized spacial score (nSPS) is 10.6. The molecule has 0 aliphatic carbocycles. The average molecular weight is 360 g/mol. The van der Waals surface area contributed by atoms with Gasteiger partial charge >= 0.3 is 5.63 Å².